The SMILES string of the molecule is C.C.O.O.O=CO.O=CO.O=O.OOOO.c1ccccc1.c1ccccc1. The predicted molar refractivity (Wildman–Crippen MR) is 105 cm³/mol. The van der Waals surface area contributed by atoms with Crippen LogP contribution >= 0.6 is 0 Å². The average Bonchev–Trinajstić information content (AvgIpc) is 2.68. The van der Waals surface area contributed by atoms with Gasteiger partial charge in [-0.25, -0.2) is 10.5 Å². The fourth-order valence-corrected chi connectivity index (χ4v) is 0.770. The largest absolute Gasteiger partial charge is 0.483 e. The summed E-state index contributed by atoms with van der Waals surface area (Å²) < 4.78 is 0. The van der Waals surface area contributed by atoms with E-state index in [1.54, 1.807) is 0 Å². The van der Waals surface area contributed by atoms with Gasteiger partial charge in [-0.2, -0.15) is 0 Å². The molecule has 2 aromatic carbocycles. The Kier molecular flexibility index (Phi) is 134. The van der Waals surface area contributed by atoms with Crippen LogP contribution in [0.4, 0.5) is 0 Å². The maximum atomic E-state index is 8.36. The van der Waals surface area contributed by atoms with Crippen LogP contribution in [0.5, 0.6) is 0 Å². The van der Waals surface area contributed by atoms with E-state index < -0.39 is 0 Å². The summed E-state index contributed by atoms with van der Waals surface area (Å²) in [6, 6.07) is 24.0. The molecule has 0 saturated carbocycles. The van der Waals surface area contributed by atoms with Crippen LogP contribution in [0.25, 0.3) is 0 Å². The van der Waals surface area contributed by atoms with Gasteiger partial charge >= 0.3 is 0 Å². The number of hydrogen-bond acceptors (Lipinski definition) is 8. The number of carbonyl (C=O) groups is 2. The van der Waals surface area contributed by atoms with Crippen LogP contribution in [0, 0.1) is 9.93 Å². The standard InChI is InChI=1S/2C6H6.2CH2O2.2CH4.H2O4.O2.2H2O/c2*1-2-4-6-5-3-1;2*2-1-3;;;1-3-4-2;1-2;;/h2*1-6H;2*1H,(H,2,3);2*1H4;1-2H;;2*1H2. The Bertz CT molecular complexity index is 310. The summed E-state index contributed by atoms with van der Waals surface area (Å²) in [5.74, 6) is 0. The molecule has 0 aromatic heterocycles. The smallest absolute Gasteiger partial charge is 0.290 e. The Morgan fingerprint density at radius 1 is 0.500 bits per heavy atom. The van der Waals surface area contributed by atoms with E-state index in [0.717, 1.165) is 0 Å². The lowest BCUT2D eigenvalue weighted by molar-refractivity contribution is -0.611. The predicted octanol–water partition coefficient (Wildman–Crippen LogP) is 2.35. The molecule has 2 aromatic rings. The third kappa shape index (κ3) is 113. The second kappa shape index (κ2) is 75.6. The van der Waals surface area contributed by atoms with Crippen molar-refractivity contribution in [3.63, 3.8) is 0 Å². The Morgan fingerprint density at radius 3 is 0.607 bits per heavy atom. The minimum absolute atomic E-state index is 0. The summed E-state index contributed by atoms with van der Waals surface area (Å²) in [5, 5.41) is 32.8. The first kappa shape index (κ1) is 49.8. The van der Waals surface area contributed by atoms with Gasteiger partial charge in [0.05, 0.1) is 0 Å². The lowest BCUT2D eigenvalue weighted by Gasteiger charge is -1.71. The highest BCUT2D eigenvalue weighted by Gasteiger charge is 1.58. The monoisotopic (exact) mass is 414 g/mol. The summed E-state index contributed by atoms with van der Waals surface area (Å²) in [6.45, 7) is -0.500. The molecule has 166 valence electrons. The average molecular weight is 414 g/mol. The van der Waals surface area contributed by atoms with Crippen LogP contribution in [-0.2, 0) is 19.7 Å². The number of benzene rings is 2. The summed E-state index contributed by atoms with van der Waals surface area (Å²) in [6.07, 6.45) is 0. The van der Waals surface area contributed by atoms with Crippen LogP contribution in [0.1, 0.15) is 14.9 Å². The highest BCUT2D eigenvalue weighted by atomic mass is 17.6. The molecule has 0 spiro atoms. The van der Waals surface area contributed by atoms with Gasteiger partial charge in [0.2, 0.25) is 0 Å². The molecule has 0 aliphatic heterocycles. The Morgan fingerprint density at radius 2 is 0.571 bits per heavy atom. The third-order valence-corrected chi connectivity index (χ3v) is 1.37. The van der Waals surface area contributed by atoms with E-state index in [1.807, 2.05) is 72.8 Å². The first-order valence-corrected chi connectivity index (χ1v) is 5.69. The van der Waals surface area contributed by atoms with Crippen molar-refractivity contribution in [1.82, 2.24) is 0 Å². The van der Waals surface area contributed by atoms with Gasteiger partial charge in [-0.05, 0) is 10.1 Å². The van der Waals surface area contributed by atoms with E-state index in [9.17, 15) is 0 Å². The van der Waals surface area contributed by atoms with E-state index in [2.05, 4.69) is 10.1 Å². The fourth-order valence-electron chi connectivity index (χ4n) is 0.770. The Hall–Kier alpha value is -3.26. The molecule has 0 aliphatic rings. The van der Waals surface area contributed by atoms with E-state index in [4.69, 9.17) is 40.2 Å². The van der Waals surface area contributed by atoms with Crippen LogP contribution < -0.4 is 0 Å². The first-order chi connectivity index (χ1) is 11.7. The zero-order valence-electron chi connectivity index (χ0n) is 13.3. The molecule has 28 heavy (non-hydrogen) atoms. The molecule has 8 N–H and O–H groups in total. The van der Waals surface area contributed by atoms with Gasteiger partial charge < -0.3 is 21.2 Å². The van der Waals surface area contributed by atoms with Crippen molar-refractivity contribution in [2.24, 2.45) is 0 Å². The first-order valence-electron chi connectivity index (χ1n) is 5.69. The molecule has 0 unspecified atom stereocenters. The zero-order chi connectivity index (χ0) is 19.3. The Labute approximate surface area is 162 Å². The molecule has 0 radical (unpaired) electrons. The highest BCUT2D eigenvalue weighted by Crippen LogP contribution is 1.80. The maximum absolute atomic E-state index is 8.36. The van der Waals surface area contributed by atoms with Gasteiger partial charge in [-0.1, -0.05) is 87.6 Å². The normalized spacial score (nSPS) is 5.50. The van der Waals surface area contributed by atoms with Gasteiger partial charge in [0.15, 0.2) is 0 Å². The van der Waals surface area contributed by atoms with Crippen molar-refractivity contribution in [1.29, 1.82) is 0 Å². The minimum atomic E-state index is -0.250. The number of rotatable bonds is 1. The lowest BCUT2D eigenvalue weighted by Crippen LogP contribution is -1.75. The van der Waals surface area contributed by atoms with E-state index in [-0.39, 0.29) is 38.8 Å². The third-order valence-electron chi connectivity index (χ3n) is 1.37. The second-order valence-corrected chi connectivity index (χ2v) is 2.67. The van der Waals surface area contributed by atoms with Gasteiger partial charge in [-0.3, -0.25) is 9.59 Å². The van der Waals surface area contributed by atoms with Crippen LogP contribution in [0.15, 0.2) is 72.8 Å². The minimum Gasteiger partial charge on any atom is -0.483 e. The van der Waals surface area contributed by atoms with E-state index in [0.29, 0.717) is 0 Å². The fraction of sp³-hybridized carbons (Fsp3) is 0.125. The number of hydrogen-bond donors (Lipinski definition) is 4. The van der Waals surface area contributed by atoms with Crippen molar-refractivity contribution in [2.45, 2.75) is 14.9 Å². The summed E-state index contributed by atoms with van der Waals surface area (Å²) in [5.41, 5.74) is 0. The topological polar surface area (TPSA) is 231 Å². The summed E-state index contributed by atoms with van der Waals surface area (Å²) in [7, 11) is 0. The maximum Gasteiger partial charge on any atom is 0.290 e. The molecular weight excluding hydrogens is 384 g/mol. The van der Waals surface area contributed by atoms with Crippen molar-refractivity contribution in [2.75, 3.05) is 0 Å². The molecule has 12 heteroatoms. The molecule has 0 saturated heterocycles. The van der Waals surface area contributed by atoms with Gasteiger partial charge in [-0.15, -0.1) is 0 Å². The van der Waals surface area contributed by atoms with Crippen molar-refractivity contribution < 1.29 is 51.3 Å². The molecule has 12 nitrogen and oxygen atoms in total. The number of carboxylic acid groups (broad SMARTS) is 2. The lowest BCUT2D eigenvalue weighted by atomic mass is 10.4. The summed E-state index contributed by atoms with van der Waals surface area (Å²) >= 11 is 0. The molecule has 0 atom stereocenters. The molecule has 2 rings (SSSR count). The van der Waals surface area contributed by atoms with Crippen molar-refractivity contribution >= 4 is 12.9 Å². The molecule has 0 aliphatic carbocycles. The van der Waals surface area contributed by atoms with Crippen molar-refractivity contribution in [3.05, 3.63) is 82.7 Å². The molecule has 0 bridgehead atoms. The quantitative estimate of drug-likeness (QED) is 0.302. The van der Waals surface area contributed by atoms with E-state index in [1.165, 1.54) is 0 Å². The van der Waals surface area contributed by atoms with Crippen molar-refractivity contribution in [3.8, 4) is 0 Å². The van der Waals surface area contributed by atoms with Crippen LogP contribution in [-0.4, -0.2) is 44.6 Å². The molecule has 0 heterocycles. The zero-order valence-corrected chi connectivity index (χ0v) is 13.3. The van der Waals surface area contributed by atoms with Crippen LogP contribution in [0.2, 0.25) is 0 Å². The molecular formula is C16H30O12. The second-order valence-electron chi connectivity index (χ2n) is 2.67. The van der Waals surface area contributed by atoms with Gasteiger partial charge in [0.25, 0.3) is 12.9 Å². The summed E-state index contributed by atoms with van der Waals surface area (Å²) in [4.78, 5) is 30.7. The highest BCUT2D eigenvalue weighted by molar-refractivity contribution is 5.33. The van der Waals surface area contributed by atoms with Crippen LogP contribution in [0.3, 0.4) is 0 Å². The Balaban J connectivity index is -0.0000000290. The molecule has 0 fully saturated rings. The van der Waals surface area contributed by atoms with Gasteiger partial charge in [0, 0.05) is 9.93 Å². The van der Waals surface area contributed by atoms with E-state index >= 15 is 0 Å². The molecule has 0 amide bonds. The van der Waals surface area contributed by atoms with Gasteiger partial charge in [0.1, 0.15) is 0 Å².